The molecule has 0 saturated carbocycles. The molecule has 0 N–H and O–H groups in total. The lowest BCUT2D eigenvalue weighted by atomic mass is 10.2. The van der Waals surface area contributed by atoms with Crippen molar-refractivity contribution >= 4 is 15.9 Å². The van der Waals surface area contributed by atoms with Crippen molar-refractivity contribution in [3.05, 3.63) is 40.9 Å². The molecule has 1 aromatic heterocycles. The van der Waals surface area contributed by atoms with Gasteiger partial charge >= 0.3 is 6.18 Å². The van der Waals surface area contributed by atoms with E-state index in [0.717, 1.165) is 10.7 Å². The molecule has 0 spiro atoms. The van der Waals surface area contributed by atoms with Gasteiger partial charge in [-0.05, 0) is 18.2 Å². The number of alkyl halides is 3. The van der Waals surface area contributed by atoms with Crippen LogP contribution in [0, 0.1) is 0 Å². The lowest BCUT2D eigenvalue weighted by Crippen LogP contribution is -2.11. The molecule has 0 amide bonds. The molecule has 0 fully saturated rings. The van der Waals surface area contributed by atoms with E-state index in [-0.39, 0.29) is 5.69 Å². The number of hydrogen-bond donors (Lipinski definition) is 0. The molecule has 0 aliphatic carbocycles. The van der Waals surface area contributed by atoms with Crippen LogP contribution in [0.4, 0.5) is 13.2 Å². The maximum atomic E-state index is 12.7. The molecule has 2 rings (SSSR count). The third-order valence-corrected chi connectivity index (χ3v) is 2.42. The Morgan fingerprint density at radius 1 is 1.25 bits per heavy atom. The van der Waals surface area contributed by atoms with Crippen LogP contribution < -0.4 is 0 Å². The van der Waals surface area contributed by atoms with E-state index < -0.39 is 11.7 Å². The van der Waals surface area contributed by atoms with Gasteiger partial charge in [-0.1, -0.05) is 15.9 Å². The van der Waals surface area contributed by atoms with E-state index in [0.29, 0.717) is 4.47 Å². The molecule has 0 bridgehead atoms. The standard InChI is InChI=1S/C9H5BrF3N3/c10-6-1-2-7(9(11,12)13)8(3-6)16-5-14-4-15-16/h1-5H. The van der Waals surface area contributed by atoms with Crippen molar-refractivity contribution in [3.8, 4) is 5.69 Å². The largest absolute Gasteiger partial charge is 0.418 e. The Morgan fingerprint density at radius 2 is 2.00 bits per heavy atom. The number of halogens is 4. The fourth-order valence-electron chi connectivity index (χ4n) is 1.27. The third kappa shape index (κ3) is 2.08. The van der Waals surface area contributed by atoms with E-state index in [9.17, 15) is 13.2 Å². The smallest absolute Gasteiger partial charge is 0.223 e. The van der Waals surface area contributed by atoms with Gasteiger partial charge in [0.2, 0.25) is 0 Å². The minimum Gasteiger partial charge on any atom is -0.223 e. The van der Waals surface area contributed by atoms with Crippen molar-refractivity contribution in [1.82, 2.24) is 14.8 Å². The summed E-state index contributed by atoms with van der Waals surface area (Å²) in [5.41, 5.74) is -0.805. The molecule has 1 heterocycles. The minimum absolute atomic E-state index is 0.0561. The quantitative estimate of drug-likeness (QED) is 0.808. The molecule has 0 radical (unpaired) electrons. The molecule has 0 atom stereocenters. The van der Waals surface area contributed by atoms with Gasteiger partial charge in [0, 0.05) is 4.47 Å². The van der Waals surface area contributed by atoms with E-state index in [2.05, 4.69) is 26.0 Å². The van der Waals surface area contributed by atoms with Crippen LogP contribution in [0.15, 0.2) is 35.3 Å². The molecule has 3 nitrogen and oxygen atoms in total. The van der Waals surface area contributed by atoms with E-state index in [4.69, 9.17) is 0 Å². The second-order valence-corrected chi connectivity index (χ2v) is 3.91. The van der Waals surface area contributed by atoms with Crippen molar-refractivity contribution in [2.75, 3.05) is 0 Å². The molecule has 16 heavy (non-hydrogen) atoms. The Kier molecular flexibility index (Phi) is 2.71. The van der Waals surface area contributed by atoms with Crippen LogP contribution in [-0.2, 0) is 6.18 Å². The van der Waals surface area contributed by atoms with Crippen LogP contribution in [0.3, 0.4) is 0 Å². The van der Waals surface area contributed by atoms with Gasteiger partial charge in [-0.15, -0.1) is 0 Å². The van der Waals surface area contributed by atoms with E-state index in [1.807, 2.05) is 0 Å². The van der Waals surface area contributed by atoms with Crippen molar-refractivity contribution in [3.63, 3.8) is 0 Å². The van der Waals surface area contributed by atoms with Crippen LogP contribution in [0.1, 0.15) is 5.56 Å². The Labute approximate surface area is 97.0 Å². The Bertz CT molecular complexity index is 493. The highest BCUT2D eigenvalue weighted by molar-refractivity contribution is 9.10. The zero-order chi connectivity index (χ0) is 11.8. The summed E-state index contributed by atoms with van der Waals surface area (Å²) in [6.45, 7) is 0. The molecular formula is C9H5BrF3N3. The number of benzene rings is 1. The fourth-order valence-corrected chi connectivity index (χ4v) is 1.62. The average molecular weight is 292 g/mol. The highest BCUT2D eigenvalue weighted by Crippen LogP contribution is 2.34. The lowest BCUT2D eigenvalue weighted by molar-refractivity contribution is -0.137. The first kappa shape index (κ1) is 11.1. The summed E-state index contributed by atoms with van der Waals surface area (Å²) < 4.78 is 39.7. The molecule has 0 aliphatic heterocycles. The topological polar surface area (TPSA) is 30.7 Å². The predicted molar refractivity (Wildman–Crippen MR) is 54.1 cm³/mol. The highest BCUT2D eigenvalue weighted by atomic mass is 79.9. The summed E-state index contributed by atoms with van der Waals surface area (Å²) in [4.78, 5) is 3.62. The Balaban J connectivity index is 2.63. The third-order valence-electron chi connectivity index (χ3n) is 1.93. The number of nitrogens with zero attached hydrogens (tertiary/aromatic N) is 3. The summed E-state index contributed by atoms with van der Waals surface area (Å²) in [5.74, 6) is 0. The van der Waals surface area contributed by atoms with Gasteiger partial charge in [-0.2, -0.15) is 18.3 Å². The van der Waals surface area contributed by atoms with Crippen LogP contribution in [-0.4, -0.2) is 14.8 Å². The van der Waals surface area contributed by atoms with Gasteiger partial charge in [0.25, 0.3) is 0 Å². The molecule has 1 aromatic carbocycles. The zero-order valence-corrected chi connectivity index (χ0v) is 9.33. The monoisotopic (exact) mass is 291 g/mol. The first-order chi connectivity index (χ1) is 7.48. The van der Waals surface area contributed by atoms with Crippen molar-refractivity contribution in [2.45, 2.75) is 6.18 Å². The van der Waals surface area contributed by atoms with Crippen LogP contribution in [0.5, 0.6) is 0 Å². The maximum absolute atomic E-state index is 12.7. The van der Waals surface area contributed by atoms with Crippen molar-refractivity contribution in [1.29, 1.82) is 0 Å². The van der Waals surface area contributed by atoms with E-state index in [1.54, 1.807) is 0 Å². The molecular weight excluding hydrogens is 287 g/mol. The summed E-state index contributed by atoms with van der Waals surface area (Å²) >= 11 is 3.12. The molecule has 84 valence electrons. The highest BCUT2D eigenvalue weighted by Gasteiger charge is 2.34. The summed E-state index contributed by atoms with van der Waals surface area (Å²) in [5, 5.41) is 3.69. The fraction of sp³-hybridized carbons (Fsp3) is 0.111. The summed E-state index contributed by atoms with van der Waals surface area (Å²) in [6, 6.07) is 3.68. The van der Waals surface area contributed by atoms with Crippen LogP contribution in [0.25, 0.3) is 5.69 Å². The first-order valence-corrected chi connectivity index (χ1v) is 4.99. The van der Waals surface area contributed by atoms with Crippen molar-refractivity contribution < 1.29 is 13.2 Å². The SMILES string of the molecule is FC(F)(F)c1ccc(Br)cc1-n1cncn1. The maximum Gasteiger partial charge on any atom is 0.418 e. The molecule has 2 aromatic rings. The van der Waals surface area contributed by atoms with E-state index >= 15 is 0 Å². The van der Waals surface area contributed by atoms with E-state index in [1.165, 1.54) is 24.8 Å². The minimum atomic E-state index is -4.41. The number of rotatable bonds is 1. The molecule has 7 heteroatoms. The van der Waals surface area contributed by atoms with Gasteiger partial charge < -0.3 is 0 Å². The summed E-state index contributed by atoms with van der Waals surface area (Å²) in [7, 11) is 0. The Hall–Kier alpha value is -1.37. The number of aromatic nitrogens is 3. The normalized spacial score (nSPS) is 11.8. The predicted octanol–water partition coefficient (Wildman–Crippen LogP) is 3.05. The van der Waals surface area contributed by atoms with Gasteiger partial charge in [0.1, 0.15) is 12.7 Å². The zero-order valence-electron chi connectivity index (χ0n) is 7.74. The molecule has 0 saturated heterocycles. The van der Waals surface area contributed by atoms with Gasteiger partial charge in [0.05, 0.1) is 11.3 Å². The lowest BCUT2D eigenvalue weighted by Gasteiger charge is -2.12. The van der Waals surface area contributed by atoms with Crippen LogP contribution >= 0.6 is 15.9 Å². The first-order valence-electron chi connectivity index (χ1n) is 4.20. The second-order valence-electron chi connectivity index (χ2n) is 3.00. The number of hydrogen-bond acceptors (Lipinski definition) is 2. The molecule has 0 unspecified atom stereocenters. The molecule has 0 aliphatic rings. The van der Waals surface area contributed by atoms with Gasteiger partial charge in [-0.3, -0.25) is 0 Å². The van der Waals surface area contributed by atoms with Crippen LogP contribution in [0.2, 0.25) is 0 Å². The average Bonchev–Trinajstić information content (AvgIpc) is 2.68. The van der Waals surface area contributed by atoms with Gasteiger partial charge in [0.15, 0.2) is 0 Å². The Morgan fingerprint density at radius 3 is 2.56 bits per heavy atom. The summed E-state index contributed by atoms with van der Waals surface area (Å²) in [6.07, 6.45) is -2.01. The second kappa shape index (κ2) is 3.89. The van der Waals surface area contributed by atoms with Crippen molar-refractivity contribution in [2.24, 2.45) is 0 Å². The van der Waals surface area contributed by atoms with Gasteiger partial charge in [-0.25, -0.2) is 9.67 Å².